The molecule has 0 N–H and O–H groups in total. The largest absolute Gasteiger partial charge is 0.248 e. The summed E-state index contributed by atoms with van der Waals surface area (Å²) in [6, 6.07) is 7.33. The van der Waals surface area contributed by atoms with Gasteiger partial charge in [-0.1, -0.05) is 40.9 Å². The molecular weight excluding hydrogens is 262 g/mol. The molecule has 1 aliphatic rings. The topological polar surface area (TPSA) is 0 Å². The van der Waals surface area contributed by atoms with Gasteiger partial charge in [-0.3, -0.25) is 0 Å². The normalized spacial score (nSPS) is 19.7. The molecule has 0 aromatic heterocycles. The van der Waals surface area contributed by atoms with Crippen LogP contribution in [0, 0.1) is 0 Å². The molecule has 1 saturated carbocycles. The van der Waals surface area contributed by atoms with Crippen LogP contribution in [0.2, 0.25) is 0 Å². The van der Waals surface area contributed by atoms with E-state index in [2.05, 4.69) is 15.9 Å². The maximum Gasteiger partial charge on any atom is 0.248 e. The van der Waals surface area contributed by atoms with Crippen LogP contribution in [0.5, 0.6) is 0 Å². The van der Waals surface area contributed by atoms with Crippen molar-refractivity contribution in [3.63, 3.8) is 0 Å². The van der Waals surface area contributed by atoms with Crippen LogP contribution in [0.25, 0.3) is 0 Å². The number of benzene rings is 1. The van der Waals surface area contributed by atoms with Gasteiger partial charge in [0.1, 0.15) is 0 Å². The lowest BCUT2D eigenvalue weighted by Gasteiger charge is -2.28. The van der Waals surface area contributed by atoms with Crippen molar-refractivity contribution in [1.82, 2.24) is 0 Å². The van der Waals surface area contributed by atoms with E-state index in [0.717, 1.165) is 22.9 Å². The van der Waals surface area contributed by atoms with Crippen molar-refractivity contribution in [3.05, 3.63) is 34.3 Å². The van der Waals surface area contributed by atoms with Gasteiger partial charge in [0.05, 0.1) is 5.41 Å². The first-order chi connectivity index (χ1) is 7.15. The standard InChI is InChI=1S/C12H13BrF2/c13-10-5-3-9(4-6-10)12(11(14)15)7-1-2-8-12/h3-6,11H,1-2,7-8H2. The van der Waals surface area contributed by atoms with Crippen LogP contribution in [0.1, 0.15) is 31.2 Å². The summed E-state index contributed by atoms with van der Waals surface area (Å²) in [4.78, 5) is 0. The fourth-order valence-corrected chi connectivity index (χ4v) is 2.68. The van der Waals surface area contributed by atoms with Crippen molar-refractivity contribution in [2.45, 2.75) is 37.5 Å². The van der Waals surface area contributed by atoms with Crippen molar-refractivity contribution >= 4 is 15.9 Å². The van der Waals surface area contributed by atoms with E-state index in [4.69, 9.17) is 0 Å². The van der Waals surface area contributed by atoms with Gasteiger partial charge in [0.2, 0.25) is 6.43 Å². The fourth-order valence-electron chi connectivity index (χ4n) is 2.42. The first-order valence-corrected chi connectivity index (χ1v) is 5.99. The molecule has 82 valence electrons. The zero-order valence-electron chi connectivity index (χ0n) is 8.35. The maximum atomic E-state index is 13.2. The van der Waals surface area contributed by atoms with E-state index >= 15 is 0 Å². The molecule has 0 amide bonds. The number of alkyl halides is 2. The molecule has 0 spiro atoms. The lowest BCUT2D eigenvalue weighted by molar-refractivity contribution is 0.0522. The minimum atomic E-state index is -2.25. The van der Waals surface area contributed by atoms with Crippen LogP contribution in [0.3, 0.4) is 0 Å². The zero-order valence-corrected chi connectivity index (χ0v) is 9.94. The molecule has 1 aromatic carbocycles. The SMILES string of the molecule is FC(F)C1(c2ccc(Br)cc2)CCCC1. The first-order valence-electron chi connectivity index (χ1n) is 5.19. The van der Waals surface area contributed by atoms with Crippen molar-refractivity contribution in [2.75, 3.05) is 0 Å². The van der Waals surface area contributed by atoms with E-state index in [1.807, 2.05) is 24.3 Å². The molecule has 0 nitrogen and oxygen atoms in total. The number of halogens is 3. The second-order valence-corrected chi connectivity index (χ2v) is 5.09. The van der Waals surface area contributed by atoms with Gasteiger partial charge in [-0.2, -0.15) is 0 Å². The summed E-state index contributed by atoms with van der Waals surface area (Å²) in [5.74, 6) is 0. The molecule has 0 radical (unpaired) electrons. The predicted octanol–water partition coefficient (Wildman–Crippen LogP) is 4.53. The monoisotopic (exact) mass is 274 g/mol. The summed E-state index contributed by atoms with van der Waals surface area (Å²) in [5, 5.41) is 0. The van der Waals surface area contributed by atoms with Crippen LogP contribution in [-0.4, -0.2) is 6.43 Å². The van der Waals surface area contributed by atoms with Gasteiger partial charge in [-0.25, -0.2) is 8.78 Å². The quantitative estimate of drug-likeness (QED) is 0.744. The van der Waals surface area contributed by atoms with Crippen LogP contribution in [-0.2, 0) is 5.41 Å². The van der Waals surface area contributed by atoms with Crippen molar-refractivity contribution in [1.29, 1.82) is 0 Å². The minimum absolute atomic E-state index is 0.617. The number of hydrogen-bond acceptors (Lipinski definition) is 0. The first kappa shape index (κ1) is 11.1. The number of rotatable bonds is 2. The third kappa shape index (κ3) is 1.94. The average molecular weight is 275 g/mol. The molecule has 1 fully saturated rings. The van der Waals surface area contributed by atoms with E-state index < -0.39 is 11.8 Å². The molecule has 0 saturated heterocycles. The van der Waals surface area contributed by atoms with E-state index in [9.17, 15) is 8.78 Å². The van der Waals surface area contributed by atoms with Gasteiger partial charge in [0, 0.05) is 4.47 Å². The highest BCUT2D eigenvalue weighted by molar-refractivity contribution is 9.10. The smallest absolute Gasteiger partial charge is 0.210 e. The summed E-state index contributed by atoms with van der Waals surface area (Å²) in [6.07, 6.45) is 0.820. The van der Waals surface area contributed by atoms with E-state index in [1.165, 1.54) is 0 Å². The van der Waals surface area contributed by atoms with Crippen LogP contribution >= 0.6 is 15.9 Å². The van der Waals surface area contributed by atoms with Gasteiger partial charge < -0.3 is 0 Å². The van der Waals surface area contributed by atoms with Crippen LogP contribution in [0.15, 0.2) is 28.7 Å². The highest BCUT2D eigenvalue weighted by Crippen LogP contribution is 2.45. The summed E-state index contributed by atoms with van der Waals surface area (Å²) in [7, 11) is 0. The molecule has 0 heterocycles. The van der Waals surface area contributed by atoms with E-state index in [-0.39, 0.29) is 0 Å². The van der Waals surface area contributed by atoms with Crippen molar-refractivity contribution < 1.29 is 8.78 Å². The molecule has 0 atom stereocenters. The summed E-state index contributed by atoms with van der Waals surface area (Å²) in [5.41, 5.74) is -0.0843. The Labute approximate surface area is 96.8 Å². The molecule has 3 heteroatoms. The summed E-state index contributed by atoms with van der Waals surface area (Å²) >= 11 is 3.32. The Balaban J connectivity index is 2.36. The molecule has 1 aliphatic carbocycles. The Morgan fingerprint density at radius 2 is 1.60 bits per heavy atom. The third-order valence-corrected chi connectivity index (χ3v) is 3.86. The molecular formula is C12H13BrF2. The molecule has 0 bridgehead atoms. The zero-order chi connectivity index (χ0) is 10.9. The number of hydrogen-bond donors (Lipinski definition) is 0. The average Bonchev–Trinajstić information content (AvgIpc) is 2.69. The lowest BCUT2D eigenvalue weighted by atomic mass is 9.79. The third-order valence-electron chi connectivity index (χ3n) is 3.33. The Bertz CT molecular complexity index is 326. The van der Waals surface area contributed by atoms with Gasteiger partial charge >= 0.3 is 0 Å². The van der Waals surface area contributed by atoms with Gasteiger partial charge in [-0.05, 0) is 30.5 Å². The lowest BCUT2D eigenvalue weighted by Crippen LogP contribution is -2.30. The van der Waals surface area contributed by atoms with Crippen LogP contribution < -0.4 is 0 Å². The van der Waals surface area contributed by atoms with E-state index in [0.29, 0.717) is 12.8 Å². The van der Waals surface area contributed by atoms with E-state index in [1.54, 1.807) is 0 Å². The Morgan fingerprint density at radius 3 is 2.07 bits per heavy atom. The molecule has 0 unspecified atom stereocenters. The maximum absolute atomic E-state index is 13.2. The highest BCUT2D eigenvalue weighted by Gasteiger charge is 2.43. The predicted molar refractivity (Wildman–Crippen MR) is 60.3 cm³/mol. The Kier molecular flexibility index (Phi) is 3.10. The van der Waals surface area contributed by atoms with Gasteiger partial charge in [0.15, 0.2) is 0 Å². The summed E-state index contributed by atoms with van der Waals surface area (Å²) < 4.78 is 27.3. The second kappa shape index (κ2) is 4.20. The van der Waals surface area contributed by atoms with Gasteiger partial charge in [0.25, 0.3) is 0 Å². The Morgan fingerprint density at radius 1 is 1.07 bits per heavy atom. The van der Waals surface area contributed by atoms with Gasteiger partial charge in [-0.15, -0.1) is 0 Å². The fraction of sp³-hybridized carbons (Fsp3) is 0.500. The van der Waals surface area contributed by atoms with Crippen molar-refractivity contribution in [3.8, 4) is 0 Å². The van der Waals surface area contributed by atoms with Crippen molar-refractivity contribution in [2.24, 2.45) is 0 Å². The molecule has 1 aromatic rings. The molecule has 0 aliphatic heterocycles. The van der Waals surface area contributed by atoms with Crippen LogP contribution in [0.4, 0.5) is 8.78 Å². The Hall–Kier alpha value is -0.440. The highest BCUT2D eigenvalue weighted by atomic mass is 79.9. The second-order valence-electron chi connectivity index (χ2n) is 4.17. The summed E-state index contributed by atoms with van der Waals surface area (Å²) in [6.45, 7) is 0. The molecule has 2 rings (SSSR count). The minimum Gasteiger partial charge on any atom is -0.210 e. The molecule has 15 heavy (non-hydrogen) atoms.